The first-order chi connectivity index (χ1) is 18.3. The molecule has 4 rings (SSSR count). The number of aliphatic carboxylic acids is 1. The summed E-state index contributed by atoms with van der Waals surface area (Å²) in [5.74, 6) is 0.735. The average molecular weight is 527 g/mol. The minimum atomic E-state index is -0.600. The van der Waals surface area contributed by atoms with Gasteiger partial charge in [-0.15, -0.1) is 6.58 Å². The lowest BCUT2D eigenvalue weighted by molar-refractivity contribution is -0.384. The van der Waals surface area contributed by atoms with Crippen LogP contribution in [0.2, 0.25) is 0 Å². The van der Waals surface area contributed by atoms with Crippen LogP contribution in [0, 0.1) is 33.8 Å². The minimum absolute atomic E-state index is 0.0313. The fourth-order valence-corrected chi connectivity index (χ4v) is 6.40. The monoisotopic (exact) mass is 526 g/mol. The number of rotatable bonds is 12. The van der Waals surface area contributed by atoms with Crippen molar-refractivity contribution in [3.8, 4) is 0 Å². The molecular weight excluding hydrogens is 484 g/mol. The number of carboxylic acids is 1. The Morgan fingerprint density at radius 3 is 2.45 bits per heavy atom. The fourth-order valence-electron chi connectivity index (χ4n) is 6.40. The highest BCUT2D eigenvalue weighted by molar-refractivity contribution is 5.74. The molecular formula is C29H42N4O5. The van der Waals surface area contributed by atoms with Crippen molar-refractivity contribution in [1.82, 2.24) is 15.1 Å². The number of nitrogens with one attached hydrogen (secondary N) is 1. The standard InChI is InChI=1S/C29H42N4O5/c1-2-14-32(29(36)30-19-22-8-10-26(11-9-22)33(37)38)25-12-15-31(16-13-25)20-23-4-3-5-24(17-23)27(28(34)35)18-21-6-7-21/h2,8-11,21,23-25,27H,1,3-7,12-20H2,(H,30,36)(H,34,35)/t23-,24?,27?/m1/s1. The number of hydrogen-bond donors (Lipinski definition) is 2. The molecule has 2 amide bonds. The number of carboxylic acid groups (broad SMARTS) is 1. The number of nitro benzene ring substituents is 1. The topological polar surface area (TPSA) is 116 Å². The van der Waals surface area contributed by atoms with E-state index in [1.54, 1.807) is 18.2 Å². The van der Waals surface area contributed by atoms with Gasteiger partial charge in [-0.2, -0.15) is 0 Å². The highest BCUT2D eigenvalue weighted by Crippen LogP contribution is 2.42. The number of urea groups is 1. The molecule has 2 saturated carbocycles. The van der Waals surface area contributed by atoms with Crippen molar-refractivity contribution in [3.63, 3.8) is 0 Å². The van der Waals surface area contributed by atoms with E-state index in [0.717, 1.165) is 63.7 Å². The Labute approximate surface area is 225 Å². The normalized spacial score (nSPS) is 23.4. The van der Waals surface area contributed by atoms with E-state index in [9.17, 15) is 24.8 Å². The first-order valence-electron chi connectivity index (χ1n) is 14.2. The van der Waals surface area contributed by atoms with Crippen LogP contribution in [0.1, 0.15) is 63.4 Å². The van der Waals surface area contributed by atoms with Gasteiger partial charge < -0.3 is 20.2 Å². The summed E-state index contributed by atoms with van der Waals surface area (Å²) >= 11 is 0. The zero-order chi connectivity index (χ0) is 27.1. The van der Waals surface area contributed by atoms with Crippen molar-refractivity contribution in [3.05, 3.63) is 52.6 Å². The Morgan fingerprint density at radius 2 is 1.84 bits per heavy atom. The molecule has 3 atom stereocenters. The Hall–Kier alpha value is -2.94. The van der Waals surface area contributed by atoms with E-state index in [-0.39, 0.29) is 23.7 Å². The second kappa shape index (κ2) is 13.2. The summed E-state index contributed by atoms with van der Waals surface area (Å²) in [7, 11) is 0. The zero-order valence-corrected chi connectivity index (χ0v) is 22.3. The molecule has 0 aromatic heterocycles. The summed E-state index contributed by atoms with van der Waals surface area (Å²) in [6.07, 6.45) is 11.2. The van der Waals surface area contributed by atoms with Gasteiger partial charge in [-0.25, -0.2) is 4.79 Å². The Balaban J connectivity index is 1.24. The van der Waals surface area contributed by atoms with Crippen molar-refractivity contribution in [2.75, 3.05) is 26.2 Å². The molecule has 0 radical (unpaired) electrons. The van der Waals surface area contributed by atoms with Crippen LogP contribution >= 0.6 is 0 Å². The summed E-state index contributed by atoms with van der Waals surface area (Å²) in [5.41, 5.74) is 0.842. The predicted molar refractivity (Wildman–Crippen MR) is 146 cm³/mol. The van der Waals surface area contributed by atoms with E-state index < -0.39 is 10.9 Å². The van der Waals surface area contributed by atoms with Crippen LogP contribution in [0.4, 0.5) is 10.5 Å². The lowest BCUT2D eigenvalue weighted by Crippen LogP contribution is -2.51. The summed E-state index contributed by atoms with van der Waals surface area (Å²) in [6.45, 7) is 7.49. The maximum atomic E-state index is 13.0. The molecule has 1 aliphatic heterocycles. The highest BCUT2D eigenvalue weighted by Gasteiger charge is 2.37. The van der Waals surface area contributed by atoms with Crippen LogP contribution in [0.25, 0.3) is 0 Å². The number of carbonyl (C=O) groups excluding carboxylic acids is 1. The summed E-state index contributed by atoms with van der Waals surface area (Å²) in [5, 5.41) is 23.6. The summed E-state index contributed by atoms with van der Waals surface area (Å²) in [4.78, 5) is 39.7. The second-order valence-corrected chi connectivity index (χ2v) is 11.5. The van der Waals surface area contributed by atoms with E-state index in [1.165, 1.54) is 31.4 Å². The molecule has 9 nitrogen and oxygen atoms in total. The summed E-state index contributed by atoms with van der Waals surface area (Å²) < 4.78 is 0. The van der Waals surface area contributed by atoms with Gasteiger partial charge in [0, 0.05) is 50.9 Å². The number of nitro groups is 1. The molecule has 1 saturated heterocycles. The number of amides is 2. The van der Waals surface area contributed by atoms with Gasteiger partial charge in [0.05, 0.1) is 10.8 Å². The van der Waals surface area contributed by atoms with Gasteiger partial charge in [0.15, 0.2) is 0 Å². The quantitative estimate of drug-likeness (QED) is 0.223. The smallest absolute Gasteiger partial charge is 0.318 e. The lowest BCUT2D eigenvalue weighted by atomic mass is 9.73. The molecule has 38 heavy (non-hydrogen) atoms. The highest BCUT2D eigenvalue weighted by atomic mass is 16.6. The van der Waals surface area contributed by atoms with Crippen LogP contribution in [-0.2, 0) is 11.3 Å². The third kappa shape index (κ3) is 7.79. The van der Waals surface area contributed by atoms with Gasteiger partial charge in [-0.3, -0.25) is 14.9 Å². The Kier molecular flexibility index (Phi) is 9.77. The predicted octanol–water partition coefficient (Wildman–Crippen LogP) is 5.06. The molecule has 0 bridgehead atoms. The first-order valence-corrected chi connectivity index (χ1v) is 14.2. The van der Waals surface area contributed by atoms with Gasteiger partial charge in [0.25, 0.3) is 5.69 Å². The Bertz CT molecular complexity index is 972. The van der Waals surface area contributed by atoms with Crippen molar-refractivity contribution >= 4 is 17.7 Å². The largest absolute Gasteiger partial charge is 0.481 e. The van der Waals surface area contributed by atoms with Crippen molar-refractivity contribution in [1.29, 1.82) is 0 Å². The minimum Gasteiger partial charge on any atom is -0.481 e. The van der Waals surface area contributed by atoms with Gasteiger partial charge >= 0.3 is 12.0 Å². The molecule has 1 aromatic carbocycles. The van der Waals surface area contributed by atoms with Crippen LogP contribution in [-0.4, -0.2) is 64.1 Å². The van der Waals surface area contributed by atoms with Crippen LogP contribution in [0.15, 0.2) is 36.9 Å². The van der Waals surface area contributed by atoms with Gasteiger partial charge in [-0.05, 0) is 61.8 Å². The molecule has 9 heteroatoms. The number of non-ortho nitro benzene ring substituents is 1. The maximum absolute atomic E-state index is 13.0. The number of carbonyl (C=O) groups is 2. The average Bonchev–Trinajstić information content (AvgIpc) is 3.74. The SMILES string of the molecule is C=CCN(C(=O)NCc1ccc([N+](=O)[O-])cc1)C1CCN(C[C@@H]2CCCC(C(CC3CC3)C(=O)O)C2)CC1. The molecule has 1 heterocycles. The molecule has 3 aliphatic rings. The van der Waals surface area contributed by atoms with E-state index in [0.29, 0.717) is 30.8 Å². The third-order valence-electron chi connectivity index (χ3n) is 8.69. The molecule has 0 spiro atoms. The van der Waals surface area contributed by atoms with E-state index in [2.05, 4.69) is 16.8 Å². The van der Waals surface area contributed by atoms with Crippen LogP contribution in [0.5, 0.6) is 0 Å². The third-order valence-corrected chi connectivity index (χ3v) is 8.69. The summed E-state index contributed by atoms with van der Waals surface area (Å²) in [6, 6.07) is 6.21. The molecule has 208 valence electrons. The van der Waals surface area contributed by atoms with Crippen LogP contribution < -0.4 is 5.32 Å². The van der Waals surface area contributed by atoms with E-state index in [1.807, 2.05) is 4.90 Å². The van der Waals surface area contributed by atoms with Crippen LogP contribution in [0.3, 0.4) is 0 Å². The second-order valence-electron chi connectivity index (χ2n) is 11.5. The van der Waals surface area contributed by atoms with Gasteiger partial charge in [0.2, 0.25) is 0 Å². The molecule has 3 fully saturated rings. The lowest BCUT2D eigenvalue weighted by Gasteiger charge is -2.41. The van der Waals surface area contributed by atoms with Gasteiger partial charge in [0.1, 0.15) is 0 Å². The molecule has 2 N–H and O–H groups in total. The number of likely N-dealkylation sites (tertiary alicyclic amines) is 1. The van der Waals surface area contributed by atoms with E-state index in [4.69, 9.17) is 0 Å². The molecule has 2 aliphatic carbocycles. The van der Waals surface area contributed by atoms with E-state index >= 15 is 0 Å². The van der Waals surface area contributed by atoms with Gasteiger partial charge in [-0.1, -0.05) is 37.5 Å². The fraction of sp³-hybridized carbons (Fsp3) is 0.655. The Morgan fingerprint density at radius 1 is 1.13 bits per heavy atom. The number of piperidine rings is 1. The maximum Gasteiger partial charge on any atom is 0.318 e. The first kappa shape index (κ1) is 28.1. The van der Waals surface area contributed by atoms with Crippen molar-refractivity contribution < 1.29 is 19.6 Å². The molecule has 1 aromatic rings. The molecule has 2 unspecified atom stereocenters. The van der Waals surface area contributed by atoms with Crippen molar-refractivity contribution in [2.45, 2.75) is 70.4 Å². The number of nitrogens with zero attached hydrogens (tertiary/aromatic N) is 3. The number of benzene rings is 1. The zero-order valence-electron chi connectivity index (χ0n) is 22.3. The number of hydrogen-bond acceptors (Lipinski definition) is 5. The van der Waals surface area contributed by atoms with Crippen molar-refractivity contribution in [2.24, 2.45) is 23.7 Å².